The number of anilines is 5. The Bertz CT molecular complexity index is 1920. The van der Waals surface area contributed by atoms with Crippen LogP contribution < -0.4 is 9.80 Å². The first-order chi connectivity index (χ1) is 19.3. The molecule has 0 N–H and O–H groups in total. The smallest absolute Gasteiger partial charge is 0.0494 e. The van der Waals surface area contributed by atoms with Crippen molar-refractivity contribution in [2.24, 2.45) is 0 Å². The van der Waals surface area contributed by atoms with Crippen LogP contribution in [0.1, 0.15) is 0 Å². The fourth-order valence-corrected chi connectivity index (χ4v) is 5.62. The lowest BCUT2D eigenvalue weighted by Gasteiger charge is -2.27. The van der Waals surface area contributed by atoms with Crippen LogP contribution >= 0.6 is 0 Å². The third-order valence-electron chi connectivity index (χ3n) is 7.61. The summed E-state index contributed by atoms with van der Waals surface area (Å²) in [7, 11) is 2.16. The minimum Gasteiger partial charge on any atom is -0.344 e. The molecule has 0 unspecified atom stereocenters. The molecule has 0 aromatic heterocycles. The Morgan fingerprint density at radius 2 is 0.897 bits per heavy atom. The molecule has 0 fully saturated rings. The Balaban J connectivity index is 1.31. The normalized spacial score (nSPS) is 11.2. The second-order valence-electron chi connectivity index (χ2n) is 9.94. The molecule has 0 aliphatic heterocycles. The number of hydrogen-bond acceptors (Lipinski definition) is 2. The van der Waals surface area contributed by atoms with Crippen molar-refractivity contribution in [1.29, 1.82) is 0 Å². The summed E-state index contributed by atoms with van der Waals surface area (Å²) in [5.41, 5.74) is 5.74. The maximum Gasteiger partial charge on any atom is 0.0494 e. The van der Waals surface area contributed by atoms with Crippen LogP contribution in [0.3, 0.4) is 0 Å². The second kappa shape index (κ2) is 9.66. The van der Waals surface area contributed by atoms with Gasteiger partial charge in [0.1, 0.15) is 0 Å². The van der Waals surface area contributed by atoms with Crippen molar-refractivity contribution in [3.8, 4) is 0 Å². The molecule has 0 spiro atoms. The van der Waals surface area contributed by atoms with E-state index in [1.165, 1.54) is 38.0 Å². The predicted octanol–water partition coefficient (Wildman–Crippen LogP) is 10.4. The zero-order valence-electron chi connectivity index (χ0n) is 21.8. The summed E-state index contributed by atoms with van der Waals surface area (Å²) in [6, 6.07) is 54.3. The number of nitrogens with zero attached hydrogens (tertiary/aromatic N) is 2. The zero-order valence-corrected chi connectivity index (χ0v) is 21.8. The van der Waals surface area contributed by atoms with Crippen molar-refractivity contribution in [3.05, 3.63) is 152 Å². The van der Waals surface area contributed by atoms with Crippen LogP contribution in [0.5, 0.6) is 0 Å². The SMILES string of the molecule is CN(c1ccc(N(c2ccccc2)c2ccc3ccccc3c2)cc1)c1cc2ccccc2c2ccccc12. The minimum absolute atomic E-state index is 1.12. The Morgan fingerprint density at radius 1 is 0.359 bits per heavy atom. The summed E-state index contributed by atoms with van der Waals surface area (Å²) in [6.07, 6.45) is 0. The van der Waals surface area contributed by atoms with Crippen LogP contribution in [0.2, 0.25) is 0 Å². The van der Waals surface area contributed by atoms with Crippen LogP contribution in [0.25, 0.3) is 32.3 Å². The summed E-state index contributed by atoms with van der Waals surface area (Å²) >= 11 is 0. The first-order valence-electron chi connectivity index (χ1n) is 13.3. The molecular weight excluding hydrogens is 472 g/mol. The first kappa shape index (κ1) is 23.1. The fraction of sp³-hybridized carbons (Fsp3) is 0.0270. The predicted molar refractivity (Wildman–Crippen MR) is 168 cm³/mol. The summed E-state index contributed by atoms with van der Waals surface area (Å²) in [4.78, 5) is 4.61. The van der Waals surface area contributed by atoms with E-state index in [2.05, 4.69) is 169 Å². The summed E-state index contributed by atoms with van der Waals surface area (Å²) < 4.78 is 0. The van der Waals surface area contributed by atoms with Gasteiger partial charge < -0.3 is 9.80 Å². The Morgan fingerprint density at radius 3 is 1.67 bits per heavy atom. The lowest BCUT2D eigenvalue weighted by Crippen LogP contribution is -2.12. The number of benzene rings is 7. The molecule has 186 valence electrons. The lowest BCUT2D eigenvalue weighted by atomic mass is 9.99. The van der Waals surface area contributed by atoms with Gasteiger partial charge in [0, 0.05) is 40.9 Å². The van der Waals surface area contributed by atoms with Crippen molar-refractivity contribution in [1.82, 2.24) is 0 Å². The quantitative estimate of drug-likeness (QED) is 0.217. The average molecular weight is 501 g/mol. The third kappa shape index (κ3) is 4.17. The van der Waals surface area contributed by atoms with E-state index in [1.807, 2.05) is 0 Å². The number of para-hydroxylation sites is 1. The molecule has 0 atom stereocenters. The molecule has 0 heterocycles. The summed E-state index contributed by atoms with van der Waals surface area (Å²) in [5, 5.41) is 7.55. The minimum atomic E-state index is 1.12. The van der Waals surface area contributed by atoms with Gasteiger partial charge in [-0.2, -0.15) is 0 Å². The number of hydrogen-bond donors (Lipinski definition) is 0. The molecule has 0 aliphatic carbocycles. The monoisotopic (exact) mass is 500 g/mol. The van der Waals surface area contributed by atoms with E-state index >= 15 is 0 Å². The topological polar surface area (TPSA) is 6.48 Å². The van der Waals surface area contributed by atoms with Gasteiger partial charge in [-0.05, 0) is 81.5 Å². The van der Waals surface area contributed by atoms with E-state index in [9.17, 15) is 0 Å². The standard InChI is InChI=1S/C37H28N2/c1-38(37-26-29-13-7-8-16-34(29)35-17-9-10-18-36(35)37)30-21-23-32(24-22-30)39(31-14-3-2-4-15-31)33-20-19-27-11-5-6-12-28(27)25-33/h2-26H,1H3. The molecule has 7 rings (SSSR count). The Labute approximate surface area is 229 Å². The molecule has 0 aliphatic rings. The third-order valence-corrected chi connectivity index (χ3v) is 7.61. The first-order valence-corrected chi connectivity index (χ1v) is 13.3. The fourth-order valence-electron chi connectivity index (χ4n) is 5.62. The highest BCUT2D eigenvalue weighted by Gasteiger charge is 2.15. The van der Waals surface area contributed by atoms with E-state index in [0.717, 1.165) is 22.7 Å². The lowest BCUT2D eigenvalue weighted by molar-refractivity contribution is 1.22. The molecule has 0 bridgehead atoms. The van der Waals surface area contributed by atoms with Gasteiger partial charge in [0.15, 0.2) is 0 Å². The van der Waals surface area contributed by atoms with Gasteiger partial charge in [0.25, 0.3) is 0 Å². The molecule has 0 saturated carbocycles. The van der Waals surface area contributed by atoms with Gasteiger partial charge in [-0.1, -0.05) is 97.1 Å². The largest absolute Gasteiger partial charge is 0.344 e. The average Bonchev–Trinajstić information content (AvgIpc) is 3.01. The van der Waals surface area contributed by atoms with E-state index in [0.29, 0.717) is 0 Å². The van der Waals surface area contributed by atoms with E-state index in [-0.39, 0.29) is 0 Å². The maximum absolute atomic E-state index is 2.32. The molecule has 0 amide bonds. The van der Waals surface area contributed by atoms with Crippen molar-refractivity contribution in [3.63, 3.8) is 0 Å². The van der Waals surface area contributed by atoms with Crippen LogP contribution in [0.4, 0.5) is 28.4 Å². The summed E-state index contributed by atoms with van der Waals surface area (Å²) in [6.45, 7) is 0. The zero-order chi connectivity index (χ0) is 26.2. The van der Waals surface area contributed by atoms with Gasteiger partial charge in [0.05, 0.1) is 0 Å². The number of rotatable bonds is 5. The van der Waals surface area contributed by atoms with E-state index < -0.39 is 0 Å². The molecular formula is C37H28N2. The van der Waals surface area contributed by atoms with E-state index in [1.54, 1.807) is 0 Å². The van der Waals surface area contributed by atoms with E-state index in [4.69, 9.17) is 0 Å². The molecule has 7 aromatic carbocycles. The highest BCUT2D eigenvalue weighted by molar-refractivity contribution is 6.13. The molecule has 0 saturated heterocycles. The molecule has 2 heteroatoms. The van der Waals surface area contributed by atoms with Crippen LogP contribution in [0.15, 0.2) is 152 Å². The molecule has 0 radical (unpaired) electrons. The van der Waals surface area contributed by atoms with Crippen LogP contribution in [0, 0.1) is 0 Å². The van der Waals surface area contributed by atoms with Gasteiger partial charge in [-0.3, -0.25) is 0 Å². The Hall–Kier alpha value is -5.08. The molecule has 2 nitrogen and oxygen atoms in total. The van der Waals surface area contributed by atoms with Crippen molar-refractivity contribution in [2.75, 3.05) is 16.8 Å². The van der Waals surface area contributed by atoms with Crippen LogP contribution in [-0.2, 0) is 0 Å². The van der Waals surface area contributed by atoms with Gasteiger partial charge in [-0.25, -0.2) is 0 Å². The highest BCUT2D eigenvalue weighted by Crippen LogP contribution is 2.39. The summed E-state index contributed by atoms with van der Waals surface area (Å²) in [5.74, 6) is 0. The van der Waals surface area contributed by atoms with Crippen LogP contribution in [-0.4, -0.2) is 7.05 Å². The van der Waals surface area contributed by atoms with Crippen molar-refractivity contribution in [2.45, 2.75) is 0 Å². The maximum atomic E-state index is 2.32. The number of fused-ring (bicyclic) bond motifs is 4. The van der Waals surface area contributed by atoms with Gasteiger partial charge in [0.2, 0.25) is 0 Å². The van der Waals surface area contributed by atoms with Crippen molar-refractivity contribution < 1.29 is 0 Å². The highest BCUT2D eigenvalue weighted by atomic mass is 15.1. The Kier molecular flexibility index (Phi) is 5.71. The molecule has 39 heavy (non-hydrogen) atoms. The van der Waals surface area contributed by atoms with Gasteiger partial charge >= 0.3 is 0 Å². The second-order valence-corrected chi connectivity index (χ2v) is 9.94. The van der Waals surface area contributed by atoms with Gasteiger partial charge in [-0.15, -0.1) is 0 Å². The molecule has 7 aromatic rings. The van der Waals surface area contributed by atoms with Crippen molar-refractivity contribution >= 4 is 60.8 Å².